The molecule has 38 heavy (non-hydrogen) atoms. The number of aryl methyl sites for hydroxylation is 2. The number of hydrogen-bond donors (Lipinski definition) is 2. The van der Waals surface area contributed by atoms with E-state index in [1.165, 1.54) is 0 Å². The Morgan fingerprint density at radius 1 is 0.789 bits per heavy atom. The number of para-hydroxylation sites is 1. The van der Waals surface area contributed by atoms with Crippen LogP contribution in [0.5, 0.6) is 11.5 Å². The van der Waals surface area contributed by atoms with Crippen molar-refractivity contribution < 1.29 is 19.1 Å². The molecule has 0 aromatic heterocycles. The molecule has 6 heteroatoms. The van der Waals surface area contributed by atoms with Crippen LogP contribution < -0.4 is 15.4 Å². The fourth-order valence-electron chi connectivity index (χ4n) is 3.92. The number of hydrogen-bond acceptors (Lipinski definition) is 4. The normalized spacial score (nSPS) is 11.4. The number of benzene rings is 4. The number of anilines is 1. The van der Waals surface area contributed by atoms with Gasteiger partial charge in [-0.25, -0.2) is 0 Å². The first-order valence-corrected chi connectivity index (χ1v) is 12.6. The number of rotatable bonds is 11. The van der Waals surface area contributed by atoms with Crippen LogP contribution in [0, 0.1) is 13.8 Å². The van der Waals surface area contributed by atoms with Crippen LogP contribution in [0.1, 0.15) is 22.3 Å². The fraction of sp³-hybridized carbons (Fsp3) is 0.188. The molecule has 0 saturated carbocycles. The molecule has 0 radical (unpaired) electrons. The number of amides is 2. The lowest BCUT2D eigenvalue weighted by Gasteiger charge is -2.19. The van der Waals surface area contributed by atoms with Crippen molar-refractivity contribution in [1.82, 2.24) is 5.32 Å². The third kappa shape index (κ3) is 8.05. The molecule has 4 aromatic rings. The van der Waals surface area contributed by atoms with E-state index in [1.807, 2.05) is 92.7 Å². The average Bonchev–Trinajstić information content (AvgIpc) is 2.92. The molecular weight excluding hydrogens is 476 g/mol. The molecule has 4 rings (SSSR count). The Hall–Kier alpha value is -4.42. The molecule has 0 saturated heterocycles. The third-order valence-corrected chi connectivity index (χ3v) is 6.00. The molecule has 0 fully saturated rings. The summed E-state index contributed by atoms with van der Waals surface area (Å²) in [5, 5.41) is 5.74. The van der Waals surface area contributed by atoms with E-state index < -0.39 is 6.04 Å². The first-order chi connectivity index (χ1) is 18.5. The van der Waals surface area contributed by atoms with Crippen LogP contribution in [0.2, 0.25) is 0 Å². The van der Waals surface area contributed by atoms with Crippen molar-refractivity contribution >= 4 is 17.5 Å². The summed E-state index contributed by atoms with van der Waals surface area (Å²) >= 11 is 0. The molecule has 6 nitrogen and oxygen atoms in total. The van der Waals surface area contributed by atoms with Crippen LogP contribution in [0.3, 0.4) is 0 Å². The molecule has 0 spiro atoms. The van der Waals surface area contributed by atoms with Crippen LogP contribution in [-0.2, 0) is 27.4 Å². The molecule has 0 aliphatic heterocycles. The Kier molecular flexibility index (Phi) is 9.27. The van der Waals surface area contributed by atoms with E-state index in [0.29, 0.717) is 18.0 Å². The molecule has 2 N–H and O–H groups in total. The fourth-order valence-corrected chi connectivity index (χ4v) is 3.92. The summed E-state index contributed by atoms with van der Waals surface area (Å²) in [7, 11) is 0. The van der Waals surface area contributed by atoms with E-state index in [1.54, 1.807) is 24.3 Å². The van der Waals surface area contributed by atoms with E-state index in [4.69, 9.17) is 9.47 Å². The maximum absolute atomic E-state index is 13.2. The lowest BCUT2D eigenvalue weighted by atomic mass is 10.0. The Labute approximate surface area is 223 Å². The van der Waals surface area contributed by atoms with Gasteiger partial charge in [-0.05, 0) is 66.9 Å². The van der Waals surface area contributed by atoms with Gasteiger partial charge in [-0.15, -0.1) is 0 Å². The number of carbonyl (C=O) groups is 2. The number of carbonyl (C=O) groups excluding carboxylic acids is 2. The summed E-state index contributed by atoms with van der Waals surface area (Å²) in [6.07, 6.45) is 0.182. The van der Waals surface area contributed by atoms with Crippen LogP contribution in [0.15, 0.2) is 103 Å². The van der Waals surface area contributed by atoms with Gasteiger partial charge in [-0.3, -0.25) is 9.59 Å². The van der Waals surface area contributed by atoms with Crippen LogP contribution in [-0.4, -0.2) is 24.5 Å². The zero-order chi connectivity index (χ0) is 26.7. The van der Waals surface area contributed by atoms with Crippen LogP contribution in [0.4, 0.5) is 5.69 Å². The van der Waals surface area contributed by atoms with Crippen molar-refractivity contribution in [2.24, 2.45) is 0 Å². The van der Waals surface area contributed by atoms with Crippen molar-refractivity contribution in [1.29, 1.82) is 0 Å². The van der Waals surface area contributed by atoms with Crippen molar-refractivity contribution in [3.8, 4) is 11.5 Å². The highest BCUT2D eigenvalue weighted by atomic mass is 16.5. The van der Waals surface area contributed by atoms with Crippen molar-refractivity contribution in [3.63, 3.8) is 0 Å². The molecular formula is C32H32N2O4. The maximum Gasteiger partial charge on any atom is 0.249 e. The standard InChI is InChI=1S/C32H32N2O4/c1-23-13-14-24(2)26(19-23)20-31(35)34-30(22-37-21-25-9-5-3-6-10-25)32(36)33-27-15-17-29(18-16-27)38-28-11-7-4-8-12-28/h3-19,30H,20-22H2,1-2H3,(H,33,36)(H,34,35). The smallest absolute Gasteiger partial charge is 0.249 e. The van der Waals surface area contributed by atoms with Gasteiger partial charge in [-0.1, -0.05) is 72.3 Å². The SMILES string of the molecule is Cc1ccc(C)c(CC(=O)NC(COCc2ccccc2)C(=O)Nc2ccc(Oc3ccccc3)cc2)c1. The summed E-state index contributed by atoms with van der Waals surface area (Å²) in [6.45, 7) is 4.34. The zero-order valence-corrected chi connectivity index (χ0v) is 21.6. The molecule has 2 amide bonds. The first-order valence-electron chi connectivity index (χ1n) is 12.6. The minimum Gasteiger partial charge on any atom is -0.457 e. The Morgan fingerprint density at radius 2 is 1.45 bits per heavy atom. The Bertz CT molecular complexity index is 1340. The van der Waals surface area contributed by atoms with Crippen molar-refractivity contribution in [2.75, 3.05) is 11.9 Å². The minimum absolute atomic E-state index is 0.0362. The van der Waals surface area contributed by atoms with Crippen molar-refractivity contribution in [3.05, 3.63) is 125 Å². The topological polar surface area (TPSA) is 76.7 Å². The summed E-state index contributed by atoms with van der Waals surface area (Å²) in [6, 6.07) is 31.4. The average molecular weight is 509 g/mol. The van der Waals surface area contributed by atoms with Gasteiger partial charge in [0.1, 0.15) is 17.5 Å². The van der Waals surface area contributed by atoms with Gasteiger partial charge >= 0.3 is 0 Å². The predicted octanol–water partition coefficient (Wildman–Crippen LogP) is 5.98. The summed E-state index contributed by atoms with van der Waals surface area (Å²) in [5.41, 5.74) is 4.62. The lowest BCUT2D eigenvalue weighted by molar-refractivity contribution is -0.127. The second-order valence-corrected chi connectivity index (χ2v) is 9.16. The van der Waals surface area contributed by atoms with E-state index in [2.05, 4.69) is 10.6 Å². The Balaban J connectivity index is 1.40. The quantitative estimate of drug-likeness (QED) is 0.261. The lowest BCUT2D eigenvalue weighted by Crippen LogP contribution is -2.47. The maximum atomic E-state index is 13.2. The molecule has 194 valence electrons. The second kappa shape index (κ2) is 13.2. The molecule has 1 atom stereocenters. The first kappa shape index (κ1) is 26.6. The van der Waals surface area contributed by atoms with E-state index in [-0.39, 0.29) is 24.8 Å². The van der Waals surface area contributed by atoms with E-state index in [0.717, 1.165) is 28.0 Å². The van der Waals surface area contributed by atoms with E-state index >= 15 is 0 Å². The minimum atomic E-state index is -0.864. The Morgan fingerprint density at radius 3 is 2.16 bits per heavy atom. The molecule has 0 aliphatic carbocycles. The highest BCUT2D eigenvalue weighted by Gasteiger charge is 2.22. The van der Waals surface area contributed by atoms with Gasteiger partial charge in [0.15, 0.2) is 0 Å². The van der Waals surface area contributed by atoms with Crippen LogP contribution in [0.25, 0.3) is 0 Å². The van der Waals surface area contributed by atoms with Gasteiger partial charge in [0.25, 0.3) is 0 Å². The second-order valence-electron chi connectivity index (χ2n) is 9.16. The summed E-state index contributed by atoms with van der Waals surface area (Å²) in [5.74, 6) is 0.781. The highest BCUT2D eigenvalue weighted by Crippen LogP contribution is 2.22. The van der Waals surface area contributed by atoms with Crippen molar-refractivity contribution in [2.45, 2.75) is 32.9 Å². The largest absolute Gasteiger partial charge is 0.457 e. The highest BCUT2D eigenvalue weighted by molar-refractivity contribution is 5.97. The third-order valence-electron chi connectivity index (χ3n) is 6.00. The van der Waals surface area contributed by atoms with Gasteiger partial charge < -0.3 is 20.1 Å². The molecule has 0 heterocycles. The molecule has 4 aromatic carbocycles. The molecule has 0 aliphatic rings. The summed E-state index contributed by atoms with van der Waals surface area (Å²) in [4.78, 5) is 26.1. The number of ether oxygens (including phenoxy) is 2. The predicted molar refractivity (Wildman–Crippen MR) is 149 cm³/mol. The number of nitrogens with one attached hydrogen (secondary N) is 2. The monoisotopic (exact) mass is 508 g/mol. The van der Waals surface area contributed by atoms with Gasteiger partial charge in [-0.2, -0.15) is 0 Å². The van der Waals surface area contributed by atoms with Gasteiger partial charge in [0.05, 0.1) is 19.6 Å². The van der Waals surface area contributed by atoms with E-state index in [9.17, 15) is 9.59 Å². The van der Waals surface area contributed by atoms with Gasteiger partial charge in [0.2, 0.25) is 11.8 Å². The molecule has 1 unspecified atom stereocenters. The summed E-state index contributed by atoms with van der Waals surface area (Å²) < 4.78 is 11.6. The van der Waals surface area contributed by atoms with Crippen LogP contribution >= 0.6 is 0 Å². The van der Waals surface area contributed by atoms with Gasteiger partial charge in [0, 0.05) is 5.69 Å². The molecule has 0 bridgehead atoms. The zero-order valence-electron chi connectivity index (χ0n) is 21.6.